The standard InChI is InChI=1S/C12H24N2/c13-8-3-4-9-14-10-7-11-5-1-2-6-12(11)14/h11-12H,1-10,13H2. The molecule has 0 spiro atoms. The van der Waals surface area contributed by atoms with Gasteiger partial charge < -0.3 is 10.6 Å². The van der Waals surface area contributed by atoms with Gasteiger partial charge in [-0.3, -0.25) is 0 Å². The predicted octanol–water partition coefficient (Wildman–Crippen LogP) is 1.99. The molecule has 0 bridgehead atoms. The lowest BCUT2D eigenvalue weighted by Crippen LogP contribution is -2.35. The SMILES string of the molecule is NCCCCN1CCC2CCCCC21. The zero-order chi connectivity index (χ0) is 9.80. The van der Waals surface area contributed by atoms with Crippen LogP contribution < -0.4 is 5.73 Å². The van der Waals surface area contributed by atoms with E-state index in [-0.39, 0.29) is 0 Å². The van der Waals surface area contributed by atoms with Gasteiger partial charge in [0.05, 0.1) is 0 Å². The molecule has 2 unspecified atom stereocenters. The van der Waals surface area contributed by atoms with Gasteiger partial charge in [0.2, 0.25) is 0 Å². The molecule has 1 saturated carbocycles. The average molecular weight is 196 g/mol. The molecule has 2 fully saturated rings. The van der Waals surface area contributed by atoms with Crippen molar-refractivity contribution in [3.8, 4) is 0 Å². The Balaban J connectivity index is 1.76. The van der Waals surface area contributed by atoms with Gasteiger partial charge in [-0.25, -0.2) is 0 Å². The van der Waals surface area contributed by atoms with Crippen molar-refractivity contribution in [1.29, 1.82) is 0 Å². The molecule has 0 aromatic rings. The third-order valence-electron chi connectivity index (χ3n) is 4.02. The topological polar surface area (TPSA) is 29.3 Å². The Hall–Kier alpha value is -0.0800. The van der Waals surface area contributed by atoms with Gasteiger partial charge in [-0.05, 0) is 57.7 Å². The van der Waals surface area contributed by atoms with E-state index in [1.54, 1.807) is 0 Å². The van der Waals surface area contributed by atoms with Crippen LogP contribution in [0.2, 0.25) is 0 Å². The summed E-state index contributed by atoms with van der Waals surface area (Å²) in [6, 6.07) is 0.946. The molecule has 2 atom stereocenters. The smallest absolute Gasteiger partial charge is 0.0124 e. The van der Waals surface area contributed by atoms with Crippen LogP contribution in [0.5, 0.6) is 0 Å². The first-order chi connectivity index (χ1) is 6.92. The van der Waals surface area contributed by atoms with E-state index in [2.05, 4.69) is 4.90 Å². The minimum atomic E-state index is 0.863. The van der Waals surface area contributed by atoms with Crippen LogP contribution in [0.3, 0.4) is 0 Å². The van der Waals surface area contributed by atoms with E-state index in [0.29, 0.717) is 0 Å². The van der Waals surface area contributed by atoms with Crippen LogP contribution in [0.4, 0.5) is 0 Å². The average Bonchev–Trinajstić information content (AvgIpc) is 2.63. The van der Waals surface area contributed by atoms with E-state index in [1.807, 2.05) is 0 Å². The molecule has 82 valence electrons. The lowest BCUT2D eigenvalue weighted by atomic mass is 9.85. The van der Waals surface area contributed by atoms with E-state index in [4.69, 9.17) is 5.73 Å². The molecule has 0 aromatic heterocycles. The maximum atomic E-state index is 5.53. The van der Waals surface area contributed by atoms with Crippen LogP contribution in [0.1, 0.15) is 44.9 Å². The number of unbranched alkanes of at least 4 members (excludes halogenated alkanes) is 1. The Morgan fingerprint density at radius 1 is 1.07 bits per heavy atom. The summed E-state index contributed by atoms with van der Waals surface area (Å²) >= 11 is 0. The second kappa shape index (κ2) is 5.13. The van der Waals surface area contributed by atoms with Crippen molar-refractivity contribution in [1.82, 2.24) is 4.90 Å². The van der Waals surface area contributed by atoms with Gasteiger partial charge in [-0.15, -0.1) is 0 Å². The van der Waals surface area contributed by atoms with Gasteiger partial charge in [0, 0.05) is 6.04 Å². The molecule has 0 amide bonds. The van der Waals surface area contributed by atoms with Crippen molar-refractivity contribution >= 4 is 0 Å². The number of hydrogen-bond acceptors (Lipinski definition) is 2. The molecule has 1 aliphatic carbocycles. The third kappa shape index (κ3) is 2.29. The Morgan fingerprint density at radius 2 is 1.93 bits per heavy atom. The molecule has 2 heteroatoms. The molecule has 2 rings (SSSR count). The first-order valence-electron chi connectivity index (χ1n) is 6.36. The normalized spacial score (nSPS) is 33.2. The predicted molar refractivity (Wildman–Crippen MR) is 60.2 cm³/mol. The third-order valence-corrected chi connectivity index (χ3v) is 4.02. The van der Waals surface area contributed by atoms with Crippen LogP contribution in [0.25, 0.3) is 0 Å². The minimum absolute atomic E-state index is 0.863. The zero-order valence-corrected chi connectivity index (χ0v) is 9.25. The lowest BCUT2D eigenvalue weighted by Gasteiger charge is -2.31. The highest BCUT2D eigenvalue weighted by Gasteiger charge is 2.34. The van der Waals surface area contributed by atoms with Crippen molar-refractivity contribution in [2.45, 2.75) is 51.0 Å². The van der Waals surface area contributed by atoms with Crippen molar-refractivity contribution in [3.63, 3.8) is 0 Å². The molecular formula is C12H24N2. The summed E-state index contributed by atoms with van der Waals surface area (Å²) < 4.78 is 0. The molecular weight excluding hydrogens is 172 g/mol. The van der Waals surface area contributed by atoms with Gasteiger partial charge in [-0.1, -0.05) is 12.8 Å². The Kier molecular flexibility index (Phi) is 3.82. The van der Waals surface area contributed by atoms with Gasteiger partial charge in [0.25, 0.3) is 0 Å². The van der Waals surface area contributed by atoms with E-state index in [0.717, 1.165) is 18.5 Å². The summed E-state index contributed by atoms with van der Waals surface area (Å²) in [7, 11) is 0. The number of fused-ring (bicyclic) bond motifs is 1. The van der Waals surface area contributed by atoms with Crippen molar-refractivity contribution < 1.29 is 0 Å². The molecule has 1 saturated heterocycles. The van der Waals surface area contributed by atoms with Gasteiger partial charge in [-0.2, -0.15) is 0 Å². The number of rotatable bonds is 4. The summed E-state index contributed by atoms with van der Waals surface area (Å²) in [6.07, 6.45) is 9.89. The molecule has 1 heterocycles. The highest BCUT2D eigenvalue weighted by Crippen LogP contribution is 2.35. The van der Waals surface area contributed by atoms with Crippen molar-refractivity contribution in [2.24, 2.45) is 11.7 Å². The number of likely N-dealkylation sites (tertiary alicyclic amines) is 1. The number of nitrogens with two attached hydrogens (primary N) is 1. The fraction of sp³-hybridized carbons (Fsp3) is 1.00. The molecule has 2 nitrogen and oxygen atoms in total. The Bertz CT molecular complexity index is 170. The maximum Gasteiger partial charge on any atom is 0.0124 e. The number of nitrogens with zero attached hydrogens (tertiary/aromatic N) is 1. The van der Waals surface area contributed by atoms with E-state index in [1.165, 1.54) is 58.0 Å². The first kappa shape index (κ1) is 10.4. The van der Waals surface area contributed by atoms with Crippen molar-refractivity contribution in [3.05, 3.63) is 0 Å². The fourth-order valence-electron chi connectivity index (χ4n) is 3.24. The molecule has 0 aromatic carbocycles. The summed E-state index contributed by atoms with van der Waals surface area (Å²) in [5.74, 6) is 1.04. The minimum Gasteiger partial charge on any atom is -0.330 e. The van der Waals surface area contributed by atoms with E-state index >= 15 is 0 Å². The number of hydrogen-bond donors (Lipinski definition) is 1. The van der Waals surface area contributed by atoms with Crippen molar-refractivity contribution in [2.75, 3.05) is 19.6 Å². The van der Waals surface area contributed by atoms with Crippen LogP contribution in [-0.4, -0.2) is 30.6 Å². The van der Waals surface area contributed by atoms with Gasteiger partial charge in [0.15, 0.2) is 0 Å². The van der Waals surface area contributed by atoms with E-state index in [9.17, 15) is 0 Å². The lowest BCUT2D eigenvalue weighted by molar-refractivity contribution is 0.180. The van der Waals surface area contributed by atoms with Crippen LogP contribution >= 0.6 is 0 Å². The molecule has 14 heavy (non-hydrogen) atoms. The highest BCUT2D eigenvalue weighted by molar-refractivity contribution is 4.89. The largest absolute Gasteiger partial charge is 0.330 e. The quantitative estimate of drug-likeness (QED) is 0.697. The summed E-state index contributed by atoms with van der Waals surface area (Å²) in [5.41, 5.74) is 5.53. The molecule has 0 radical (unpaired) electrons. The summed E-state index contributed by atoms with van der Waals surface area (Å²) in [6.45, 7) is 3.53. The second-order valence-electron chi connectivity index (χ2n) is 4.93. The van der Waals surface area contributed by atoms with Crippen LogP contribution in [-0.2, 0) is 0 Å². The van der Waals surface area contributed by atoms with Gasteiger partial charge in [0.1, 0.15) is 0 Å². The Labute approximate surface area is 87.8 Å². The molecule has 2 N–H and O–H groups in total. The monoisotopic (exact) mass is 196 g/mol. The molecule has 2 aliphatic rings. The second-order valence-corrected chi connectivity index (χ2v) is 4.93. The highest BCUT2D eigenvalue weighted by atomic mass is 15.2. The summed E-state index contributed by atoms with van der Waals surface area (Å²) in [4.78, 5) is 2.74. The fourth-order valence-corrected chi connectivity index (χ4v) is 3.24. The van der Waals surface area contributed by atoms with Crippen LogP contribution in [0, 0.1) is 5.92 Å². The van der Waals surface area contributed by atoms with E-state index < -0.39 is 0 Å². The first-order valence-corrected chi connectivity index (χ1v) is 6.36. The maximum absolute atomic E-state index is 5.53. The zero-order valence-electron chi connectivity index (χ0n) is 9.25. The summed E-state index contributed by atoms with van der Waals surface area (Å²) in [5, 5.41) is 0. The Morgan fingerprint density at radius 3 is 2.79 bits per heavy atom. The van der Waals surface area contributed by atoms with Crippen LogP contribution in [0.15, 0.2) is 0 Å². The molecule has 1 aliphatic heterocycles. The van der Waals surface area contributed by atoms with Gasteiger partial charge >= 0.3 is 0 Å².